The molecule has 0 aromatic heterocycles. The Morgan fingerprint density at radius 2 is 1.67 bits per heavy atom. The van der Waals surface area contributed by atoms with Gasteiger partial charge in [0.2, 0.25) is 0 Å². The Morgan fingerprint density at radius 3 is 2.00 bits per heavy atom. The monoisotopic (exact) mass is 274 g/mol. The van der Waals surface area contributed by atoms with Crippen molar-refractivity contribution >= 4 is 33.0 Å². The van der Waals surface area contributed by atoms with Crippen LogP contribution >= 0.6 is 23.2 Å². The first-order chi connectivity index (χ1) is 6.89. The predicted octanol–water partition coefficient (Wildman–Crippen LogP) is 3.08. The second-order valence-corrected chi connectivity index (χ2v) is 7.04. The van der Waals surface area contributed by atoms with E-state index < -0.39 is 9.84 Å². The molecule has 0 rings (SSSR count). The zero-order chi connectivity index (χ0) is 11.9. The van der Waals surface area contributed by atoms with E-state index in [-0.39, 0.29) is 11.2 Å². The second-order valence-electron chi connectivity index (χ2n) is 4.25. The SMILES string of the molecule is CCCC(CCl)(CCl)CCCS(C)(=O)=O. The fraction of sp³-hybridized carbons (Fsp3) is 1.00. The lowest BCUT2D eigenvalue weighted by molar-refractivity contribution is 0.313. The van der Waals surface area contributed by atoms with E-state index in [9.17, 15) is 8.42 Å². The molecule has 15 heavy (non-hydrogen) atoms. The Balaban J connectivity index is 4.18. The number of alkyl halides is 2. The van der Waals surface area contributed by atoms with E-state index in [4.69, 9.17) is 23.2 Å². The fourth-order valence-electron chi connectivity index (χ4n) is 1.67. The van der Waals surface area contributed by atoms with Gasteiger partial charge in [0.05, 0.1) is 0 Å². The van der Waals surface area contributed by atoms with Crippen molar-refractivity contribution in [2.75, 3.05) is 23.8 Å². The van der Waals surface area contributed by atoms with E-state index in [0.29, 0.717) is 18.2 Å². The van der Waals surface area contributed by atoms with Crippen LogP contribution in [0.1, 0.15) is 32.6 Å². The van der Waals surface area contributed by atoms with Crippen molar-refractivity contribution in [3.63, 3.8) is 0 Å². The lowest BCUT2D eigenvalue weighted by atomic mass is 9.83. The van der Waals surface area contributed by atoms with E-state index in [2.05, 4.69) is 6.92 Å². The minimum Gasteiger partial charge on any atom is -0.229 e. The molecule has 0 spiro atoms. The van der Waals surface area contributed by atoms with Crippen LogP contribution in [0.4, 0.5) is 0 Å². The van der Waals surface area contributed by atoms with Crippen molar-refractivity contribution < 1.29 is 8.42 Å². The molecule has 0 aromatic carbocycles. The number of hydrogen-bond acceptors (Lipinski definition) is 2. The largest absolute Gasteiger partial charge is 0.229 e. The van der Waals surface area contributed by atoms with Gasteiger partial charge in [0.25, 0.3) is 0 Å². The molecule has 0 aliphatic heterocycles. The Hall–Kier alpha value is 0.530. The molecule has 0 N–H and O–H groups in total. The molecule has 0 aromatic rings. The summed E-state index contributed by atoms with van der Waals surface area (Å²) < 4.78 is 22.0. The molecule has 0 saturated heterocycles. The van der Waals surface area contributed by atoms with Gasteiger partial charge in [-0.1, -0.05) is 13.3 Å². The minimum absolute atomic E-state index is 0.0808. The summed E-state index contributed by atoms with van der Waals surface area (Å²) in [5.74, 6) is 1.24. The second kappa shape index (κ2) is 6.97. The first-order valence-corrected chi connectivity index (χ1v) is 8.32. The maximum absolute atomic E-state index is 11.0. The van der Waals surface area contributed by atoms with Gasteiger partial charge in [0.15, 0.2) is 0 Å². The summed E-state index contributed by atoms with van der Waals surface area (Å²) in [5, 5.41) is 0. The lowest BCUT2D eigenvalue weighted by Crippen LogP contribution is -2.26. The van der Waals surface area contributed by atoms with Crippen LogP contribution in [-0.2, 0) is 9.84 Å². The Bertz CT molecular complexity index is 259. The zero-order valence-corrected chi connectivity index (χ0v) is 11.8. The Kier molecular flexibility index (Phi) is 7.22. The van der Waals surface area contributed by atoms with Crippen molar-refractivity contribution in [2.45, 2.75) is 32.6 Å². The molecule has 2 nitrogen and oxygen atoms in total. The van der Waals surface area contributed by atoms with Crippen molar-refractivity contribution in [3.05, 3.63) is 0 Å². The van der Waals surface area contributed by atoms with Crippen LogP contribution in [0, 0.1) is 5.41 Å². The van der Waals surface area contributed by atoms with Gasteiger partial charge < -0.3 is 0 Å². The molecule has 0 aliphatic rings. The third-order valence-electron chi connectivity index (χ3n) is 2.57. The summed E-state index contributed by atoms with van der Waals surface area (Å²) in [6.45, 7) is 2.09. The Labute approximate surface area is 103 Å². The Morgan fingerprint density at radius 1 is 1.13 bits per heavy atom. The fourth-order valence-corrected chi connectivity index (χ4v) is 3.16. The van der Waals surface area contributed by atoms with Crippen LogP contribution in [0.25, 0.3) is 0 Å². The van der Waals surface area contributed by atoms with E-state index in [1.807, 2.05) is 0 Å². The topological polar surface area (TPSA) is 34.1 Å². The molecule has 5 heteroatoms. The molecule has 0 atom stereocenters. The number of rotatable bonds is 8. The predicted molar refractivity (Wildman–Crippen MR) is 67.7 cm³/mol. The van der Waals surface area contributed by atoms with Crippen LogP contribution in [-0.4, -0.2) is 32.2 Å². The number of hydrogen-bond donors (Lipinski definition) is 0. The van der Waals surface area contributed by atoms with Crippen LogP contribution in [0.5, 0.6) is 0 Å². The average Bonchev–Trinajstić information content (AvgIpc) is 2.14. The lowest BCUT2D eigenvalue weighted by Gasteiger charge is -2.29. The molecule has 0 unspecified atom stereocenters. The van der Waals surface area contributed by atoms with Crippen LogP contribution in [0.2, 0.25) is 0 Å². The van der Waals surface area contributed by atoms with Gasteiger partial charge in [-0.25, -0.2) is 8.42 Å². The molecule has 0 bridgehead atoms. The van der Waals surface area contributed by atoms with Crippen molar-refractivity contribution in [2.24, 2.45) is 5.41 Å². The third kappa shape index (κ3) is 6.64. The highest BCUT2D eigenvalue weighted by atomic mass is 35.5. The quantitative estimate of drug-likeness (QED) is 0.638. The van der Waals surface area contributed by atoms with Gasteiger partial charge in [0.1, 0.15) is 9.84 Å². The maximum Gasteiger partial charge on any atom is 0.147 e. The normalized spacial score (nSPS) is 13.1. The highest BCUT2D eigenvalue weighted by Gasteiger charge is 2.27. The zero-order valence-electron chi connectivity index (χ0n) is 9.43. The summed E-state index contributed by atoms with van der Waals surface area (Å²) in [5.41, 5.74) is -0.0808. The van der Waals surface area contributed by atoms with Gasteiger partial charge in [-0.2, -0.15) is 0 Å². The van der Waals surface area contributed by atoms with Gasteiger partial charge in [-0.3, -0.25) is 0 Å². The molecule has 0 aliphatic carbocycles. The summed E-state index contributed by atoms with van der Waals surface area (Å²) in [6, 6.07) is 0. The third-order valence-corrected chi connectivity index (χ3v) is 4.73. The van der Waals surface area contributed by atoms with E-state index >= 15 is 0 Å². The highest BCUT2D eigenvalue weighted by Crippen LogP contribution is 2.32. The van der Waals surface area contributed by atoms with Gasteiger partial charge in [0, 0.05) is 23.8 Å². The molecular weight excluding hydrogens is 255 g/mol. The standard InChI is InChI=1S/C10H20Cl2O2S/c1-3-5-10(8-11,9-12)6-4-7-15(2,13)14/h3-9H2,1-2H3. The van der Waals surface area contributed by atoms with Gasteiger partial charge in [-0.15, -0.1) is 23.2 Å². The van der Waals surface area contributed by atoms with E-state index in [1.54, 1.807) is 0 Å². The summed E-state index contributed by atoms with van der Waals surface area (Å²) >= 11 is 11.8. The first kappa shape index (κ1) is 15.5. The molecule has 0 heterocycles. The summed E-state index contributed by atoms with van der Waals surface area (Å²) in [7, 11) is -2.86. The molecule has 92 valence electrons. The van der Waals surface area contributed by atoms with Gasteiger partial charge >= 0.3 is 0 Å². The number of halogens is 2. The first-order valence-electron chi connectivity index (χ1n) is 5.19. The van der Waals surface area contributed by atoms with Crippen LogP contribution < -0.4 is 0 Å². The summed E-state index contributed by atoms with van der Waals surface area (Å²) in [4.78, 5) is 0. The average molecular weight is 275 g/mol. The van der Waals surface area contributed by atoms with E-state index in [1.165, 1.54) is 6.26 Å². The van der Waals surface area contributed by atoms with Crippen molar-refractivity contribution in [1.29, 1.82) is 0 Å². The molecular formula is C10H20Cl2O2S. The maximum atomic E-state index is 11.0. The summed E-state index contributed by atoms with van der Waals surface area (Å²) in [6.07, 6.45) is 4.69. The van der Waals surface area contributed by atoms with Crippen molar-refractivity contribution in [3.8, 4) is 0 Å². The molecule has 0 radical (unpaired) electrons. The van der Waals surface area contributed by atoms with Crippen molar-refractivity contribution in [1.82, 2.24) is 0 Å². The molecule has 0 amide bonds. The smallest absolute Gasteiger partial charge is 0.147 e. The molecule has 0 fully saturated rings. The molecule has 0 saturated carbocycles. The highest BCUT2D eigenvalue weighted by molar-refractivity contribution is 7.90. The van der Waals surface area contributed by atoms with E-state index in [0.717, 1.165) is 19.3 Å². The minimum atomic E-state index is -2.86. The van der Waals surface area contributed by atoms with Crippen LogP contribution in [0.15, 0.2) is 0 Å². The van der Waals surface area contributed by atoms with Gasteiger partial charge in [-0.05, 0) is 24.7 Å². The van der Waals surface area contributed by atoms with Crippen LogP contribution in [0.3, 0.4) is 0 Å². The number of sulfone groups is 1.